The highest BCUT2D eigenvalue weighted by Crippen LogP contribution is 2.50. The Hall–Kier alpha value is -5.37. The molecule has 280 valence electrons. The van der Waals surface area contributed by atoms with Gasteiger partial charge in [0.25, 0.3) is 11.8 Å². The Balaban J connectivity index is 0.950. The predicted molar refractivity (Wildman–Crippen MR) is 204 cm³/mol. The van der Waals surface area contributed by atoms with E-state index in [4.69, 9.17) is 10.1 Å². The van der Waals surface area contributed by atoms with E-state index in [1.807, 2.05) is 41.4 Å². The summed E-state index contributed by atoms with van der Waals surface area (Å²) in [5, 5.41) is 22.9. The van der Waals surface area contributed by atoms with Gasteiger partial charge in [-0.2, -0.15) is 5.10 Å². The number of nitrogens with one attached hydrogen (secondary N) is 3. The number of hydrogen-bond donors (Lipinski definition) is 3. The molecule has 1 unspecified atom stereocenters. The first-order valence-electron chi connectivity index (χ1n) is 19.4. The van der Waals surface area contributed by atoms with E-state index in [9.17, 15) is 14.4 Å². The van der Waals surface area contributed by atoms with Gasteiger partial charge in [0.15, 0.2) is 11.5 Å². The average Bonchev–Trinajstić information content (AvgIpc) is 4.08. The van der Waals surface area contributed by atoms with Crippen molar-refractivity contribution >= 4 is 40.6 Å². The Morgan fingerprint density at radius 2 is 1.74 bits per heavy atom. The van der Waals surface area contributed by atoms with Crippen molar-refractivity contribution in [2.45, 2.75) is 77.0 Å². The lowest BCUT2D eigenvalue weighted by molar-refractivity contribution is -0.117. The average molecular weight is 730 g/mol. The zero-order chi connectivity index (χ0) is 37.1. The molecule has 4 fully saturated rings. The third-order valence-electron chi connectivity index (χ3n) is 11.5. The molecule has 2 saturated heterocycles. The van der Waals surface area contributed by atoms with E-state index in [0.29, 0.717) is 29.7 Å². The summed E-state index contributed by atoms with van der Waals surface area (Å²) in [7, 11) is 2.11. The van der Waals surface area contributed by atoms with E-state index >= 15 is 0 Å². The van der Waals surface area contributed by atoms with Crippen LogP contribution in [0.25, 0.3) is 11.1 Å². The maximum absolute atomic E-state index is 13.3. The molecule has 14 nitrogen and oxygen atoms in total. The van der Waals surface area contributed by atoms with Crippen LogP contribution in [0.15, 0.2) is 48.7 Å². The number of amides is 3. The van der Waals surface area contributed by atoms with Crippen molar-refractivity contribution < 1.29 is 14.4 Å². The van der Waals surface area contributed by atoms with Gasteiger partial charge in [0.2, 0.25) is 5.91 Å². The van der Waals surface area contributed by atoms with Gasteiger partial charge in [0.05, 0.1) is 46.7 Å². The lowest BCUT2D eigenvalue weighted by Gasteiger charge is -2.43. The molecule has 2 atom stereocenters. The number of pyridine rings is 1. The number of rotatable bonds is 11. The summed E-state index contributed by atoms with van der Waals surface area (Å²) in [4.78, 5) is 50.3. The Morgan fingerprint density at radius 1 is 0.926 bits per heavy atom. The SMILES string of the molecule is CC[C@H]1c2c(cnn2C2CN(Cc3cccc(C(=O)N4CCC(C)C4)n3)C2)-c2cccc(Nc3cc(NC(=O)C4CC4)nnc3C(=O)NC3CC3)c2N1C. The first-order chi connectivity index (χ1) is 26.2. The second kappa shape index (κ2) is 13.8. The number of nitrogens with zero attached hydrogens (tertiary/aromatic N) is 8. The molecule has 6 heterocycles. The zero-order valence-corrected chi connectivity index (χ0v) is 31.1. The minimum absolute atomic E-state index is 0.00891. The molecule has 0 spiro atoms. The van der Waals surface area contributed by atoms with Crippen molar-refractivity contribution in [2.75, 3.05) is 48.8 Å². The maximum atomic E-state index is 13.3. The number of carbonyl (C=O) groups is 3. The highest BCUT2D eigenvalue weighted by atomic mass is 16.2. The van der Waals surface area contributed by atoms with Gasteiger partial charge in [-0.1, -0.05) is 32.0 Å². The van der Waals surface area contributed by atoms with Gasteiger partial charge in [0.1, 0.15) is 5.69 Å². The molecular formula is C40H47N11O3. The summed E-state index contributed by atoms with van der Waals surface area (Å²) in [6.45, 7) is 8.34. The van der Waals surface area contributed by atoms with Crippen LogP contribution in [-0.2, 0) is 11.3 Å². The third-order valence-corrected chi connectivity index (χ3v) is 11.5. The molecule has 3 N–H and O–H groups in total. The molecule has 1 aromatic carbocycles. The summed E-state index contributed by atoms with van der Waals surface area (Å²) < 4.78 is 2.21. The molecule has 3 aromatic heterocycles. The van der Waals surface area contributed by atoms with Crippen molar-refractivity contribution in [3.63, 3.8) is 0 Å². The van der Waals surface area contributed by atoms with Gasteiger partial charge in [-0.3, -0.25) is 24.0 Å². The molecule has 5 aliphatic rings. The number of aromatic nitrogens is 5. The second-order valence-corrected chi connectivity index (χ2v) is 15.8. The summed E-state index contributed by atoms with van der Waals surface area (Å²) >= 11 is 0. The van der Waals surface area contributed by atoms with Gasteiger partial charge in [-0.05, 0) is 62.6 Å². The highest BCUT2D eigenvalue weighted by molar-refractivity contribution is 6.01. The fourth-order valence-electron chi connectivity index (χ4n) is 8.19. The van der Waals surface area contributed by atoms with Crippen molar-refractivity contribution in [2.24, 2.45) is 11.8 Å². The van der Waals surface area contributed by atoms with Gasteiger partial charge in [-0.25, -0.2) is 4.98 Å². The van der Waals surface area contributed by atoms with E-state index in [1.54, 1.807) is 6.07 Å². The quantitative estimate of drug-likeness (QED) is 0.189. The number of benzene rings is 1. The lowest BCUT2D eigenvalue weighted by Crippen LogP contribution is -2.48. The molecule has 3 aliphatic heterocycles. The number of fused-ring (bicyclic) bond motifs is 3. The zero-order valence-electron chi connectivity index (χ0n) is 31.1. The third kappa shape index (κ3) is 6.56. The van der Waals surface area contributed by atoms with Gasteiger partial charge in [0, 0.05) is 68.9 Å². The molecule has 2 aliphatic carbocycles. The second-order valence-electron chi connectivity index (χ2n) is 15.8. The van der Waals surface area contributed by atoms with Crippen LogP contribution in [0.1, 0.15) is 96.8 Å². The van der Waals surface area contributed by atoms with Crippen LogP contribution >= 0.6 is 0 Å². The van der Waals surface area contributed by atoms with Crippen LogP contribution in [0.5, 0.6) is 0 Å². The van der Waals surface area contributed by atoms with E-state index in [0.717, 1.165) is 92.9 Å². The molecule has 3 amide bonds. The van der Waals surface area contributed by atoms with Crippen LogP contribution in [-0.4, -0.2) is 91.8 Å². The maximum Gasteiger partial charge on any atom is 0.274 e. The smallest absolute Gasteiger partial charge is 0.274 e. The van der Waals surface area contributed by atoms with Crippen molar-refractivity contribution in [1.29, 1.82) is 0 Å². The summed E-state index contributed by atoms with van der Waals surface area (Å²) in [5.41, 5.74) is 7.27. The van der Waals surface area contributed by atoms with Crippen LogP contribution < -0.4 is 20.9 Å². The molecule has 14 heteroatoms. The van der Waals surface area contributed by atoms with Crippen molar-refractivity contribution in [3.8, 4) is 11.1 Å². The topological polar surface area (TPSA) is 154 Å². The predicted octanol–water partition coefficient (Wildman–Crippen LogP) is 5.16. The summed E-state index contributed by atoms with van der Waals surface area (Å²) in [5.74, 6) is 0.524. The van der Waals surface area contributed by atoms with Crippen LogP contribution in [0.4, 0.5) is 22.9 Å². The van der Waals surface area contributed by atoms with E-state index in [-0.39, 0.29) is 47.5 Å². The van der Waals surface area contributed by atoms with Gasteiger partial charge < -0.3 is 25.8 Å². The summed E-state index contributed by atoms with van der Waals surface area (Å²) in [6, 6.07) is 14.1. The minimum Gasteiger partial charge on any atom is -0.364 e. The van der Waals surface area contributed by atoms with Gasteiger partial charge >= 0.3 is 0 Å². The monoisotopic (exact) mass is 729 g/mol. The van der Waals surface area contributed by atoms with Crippen LogP contribution in [0, 0.1) is 11.8 Å². The first-order valence-corrected chi connectivity index (χ1v) is 19.4. The Morgan fingerprint density at radius 3 is 2.48 bits per heavy atom. The van der Waals surface area contributed by atoms with Gasteiger partial charge in [-0.15, -0.1) is 10.2 Å². The highest BCUT2D eigenvalue weighted by Gasteiger charge is 2.39. The Bertz CT molecular complexity index is 2120. The molecule has 2 saturated carbocycles. The minimum atomic E-state index is -0.288. The van der Waals surface area contributed by atoms with Crippen molar-refractivity contribution in [1.82, 2.24) is 40.1 Å². The fraction of sp³-hybridized carbons (Fsp3) is 0.475. The van der Waals surface area contributed by atoms with Crippen LogP contribution in [0.3, 0.4) is 0 Å². The Labute approximate surface area is 314 Å². The standard InChI is InChI=1S/C40H47N11O3/c1-4-33-37-29(18-41-51(37)27-21-49(22-27)20-26-7-5-10-31(42-26)40(54)50-16-15-23(2)19-50)28-8-6-9-30(36(28)48(33)3)44-32-17-34(45-38(52)24-11-12-24)46-47-35(32)39(53)43-25-13-14-25/h5-10,17-18,23-25,27,33H,4,11-16,19-22H2,1-3H3,(H,43,53)(H2,44,45,46,52)/t23?,33-/m0/s1. The molecule has 0 bridgehead atoms. The largest absolute Gasteiger partial charge is 0.364 e. The first kappa shape index (κ1) is 34.4. The molecule has 0 radical (unpaired) electrons. The lowest BCUT2D eigenvalue weighted by atomic mass is 9.91. The number of para-hydroxylation sites is 1. The number of hydrogen-bond acceptors (Lipinski definition) is 10. The fourth-order valence-corrected chi connectivity index (χ4v) is 8.19. The number of carbonyl (C=O) groups excluding carboxylic acids is 3. The van der Waals surface area contributed by atoms with E-state index in [1.165, 1.54) is 5.69 Å². The van der Waals surface area contributed by atoms with E-state index in [2.05, 4.69) is 67.6 Å². The summed E-state index contributed by atoms with van der Waals surface area (Å²) in [6.07, 6.45) is 7.55. The number of anilines is 4. The number of likely N-dealkylation sites (tertiary alicyclic amines) is 2. The van der Waals surface area contributed by atoms with Crippen molar-refractivity contribution in [3.05, 3.63) is 71.4 Å². The molecule has 9 rings (SSSR count). The normalized spacial score (nSPS) is 20.9. The molecular weight excluding hydrogens is 683 g/mol. The molecule has 4 aromatic rings. The van der Waals surface area contributed by atoms with E-state index < -0.39 is 0 Å². The molecule has 54 heavy (non-hydrogen) atoms. The van der Waals surface area contributed by atoms with Crippen LogP contribution in [0.2, 0.25) is 0 Å². The Kier molecular flexibility index (Phi) is 8.79.